The molecule has 1 heterocycles. The second-order valence-electron chi connectivity index (χ2n) is 5.43. The Labute approximate surface area is 121 Å². The average molecular weight is 297 g/mol. The Morgan fingerprint density at radius 2 is 1.80 bits per heavy atom. The van der Waals surface area contributed by atoms with Crippen LogP contribution in [-0.2, 0) is 9.84 Å². The number of aliphatic hydroxyl groups is 1. The highest BCUT2D eigenvalue weighted by Gasteiger charge is 2.19. The van der Waals surface area contributed by atoms with Crippen LogP contribution in [0.4, 0.5) is 5.69 Å². The number of nitrogens with zero attached hydrogens (tertiary/aromatic N) is 1. The van der Waals surface area contributed by atoms with Crippen molar-refractivity contribution in [1.29, 1.82) is 0 Å². The van der Waals surface area contributed by atoms with E-state index in [4.69, 9.17) is 5.11 Å². The molecule has 0 unspecified atom stereocenters. The quantitative estimate of drug-likeness (QED) is 0.904. The highest BCUT2D eigenvalue weighted by molar-refractivity contribution is 7.91. The molecule has 1 N–H and O–H groups in total. The van der Waals surface area contributed by atoms with Crippen molar-refractivity contribution < 1.29 is 13.5 Å². The number of hydrogen-bond acceptors (Lipinski definition) is 4. The monoisotopic (exact) mass is 297 g/mol. The molecule has 1 saturated heterocycles. The van der Waals surface area contributed by atoms with E-state index in [9.17, 15) is 8.42 Å². The van der Waals surface area contributed by atoms with Crippen molar-refractivity contribution in [2.75, 3.05) is 30.3 Å². The van der Waals surface area contributed by atoms with Crippen LogP contribution >= 0.6 is 0 Å². The van der Waals surface area contributed by atoms with Crippen molar-refractivity contribution >= 4 is 15.5 Å². The van der Waals surface area contributed by atoms with Crippen molar-refractivity contribution in [3.05, 3.63) is 24.3 Å². The van der Waals surface area contributed by atoms with Gasteiger partial charge in [0.1, 0.15) is 0 Å². The molecule has 0 radical (unpaired) electrons. The molecule has 2 rings (SSSR count). The number of hydrogen-bond donors (Lipinski definition) is 1. The lowest BCUT2D eigenvalue weighted by molar-refractivity contribution is 0.203. The summed E-state index contributed by atoms with van der Waals surface area (Å²) in [5, 5.41) is 9.14. The Hall–Kier alpha value is -1.07. The van der Waals surface area contributed by atoms with E-state index in [2.05, 4.69) is 4.90 Å². The van der Waals surface area contributed by atoms with E-state index in [-0.39, 0.29) is 12.4 Å². The summed E-state index contributed by atoms with van der Waals surface area (Å²) in [4.78, 5) is 2.66. The van der Waals surface area contributed by atoms with E-state index in [1.54, 1.807) is 12.1 Å². The predicted octanol–water partition coefficient (Wildman–Crippen LogP) is 2.08. The van der Waals surface area contributed by atoms with Crippen LogP contribution in [0.2, 0.25) is 0 Å². The van der Waals surface area contributed by atoms with Gasteiger partial charge < -0.3 is 10.0 Å². The highest BCUT2D eigenvalue weighted by Crippen LogP contribution is 2.24. The lowest BCUT2D eigenvalue weighted by atomic mass is 9.97. The van der Waals surface area contributed by atoms with Gasteiger partial charge in [0.2, 0.25) is 0 Å². The van der Waals surface area contributed by atoms with Gasteiger partial charge in [0, 0.05) is 25.4 Å². The summed E-state index contributed by atoms with van der Waals surface area (Å²) < 4.78 is 23.9. The second-order valence-corrected chi connectivity index (χ2v) is 7.53. The molecule has 1 aromatic carbocycles. The Balaban J connectivity index is 2.06. The maximum Gasteiger partial charge on any atom is 0.178 e. The van der Waals surface area contributed by atoms with E-state index in [0.717, 1.165) is 31.6 Å². The number of piperidine rings is 1. The first kappa shape index (κ1) is 15.3. The molecule has 0 spiro atoms. The molecular weight excluding hydrogens is 274 g/mol. The zero-order chi connectivity index (χ0) is 14.6. The zero-order valence-corrected chi connectivity index (χ0v) is 12.8. The fourth-order valence-electron chi connectivity index (χ4n) is 2.62. The molecule has 1 aliphatic rings. The minimum absolute atomic E-state index is 0.203. The van der Waals surface area contributed by atoms with Crippen LogP contribution in [0.15, 0.2) is 29.2 Å². The Kier molecular flexibility index (Phi) is 5.05. The standard InChI is InChI=1S/C15H23NO3S/c1-2-11-20(18,19)15-5-3-14(4-6-15)16-9-7-13(12-17)8-10-16/h3-6,13,17H,2,7-12H2,1H3. The SMILES string of the molecule is CCCS(=O)(=O)c1ccc(N2CCC(CO)CC2)cc1. The average Bonchev–Trinajstić information content (AvgIpc) is 2.47. The van der Waals surface area contributed by atoms with E-state index in [1.165, 1.54) is 0 Å². The minimum atomic E-state index is -3.12. The highest BCUT2D eigenvalue weighted by atomic mass is 32.2. The van der Waals surface area contributed by atoms with Gasteiger partial charge in [-0.3, -0.25) is 0 Å². The topological polar surface area (TPSA) is 57.6 Å². The Bertz CT molecular complexity index is 517. The molecular formula is C15H23NO3S. The summed E-state index contributed by atoms with van der Waals surface area (Å²) in [6.45, 7) is 3.98. The number of sulfone groups is 1. The Morgan fingerprint density at radius 3 is 2.30 bits per heavy atom. The molecule has 0 aliphatic carbocycles. The van der Waals surface area contributed by atoms with Crippen LogP contribution in [0.1, 0.15) is 26.2 Å². The third-order valence-corrected chi connectivity index (χ3v) is 5.84. The molecule has 112 valence electrons. The van der Waals surface area contributed by atoms with Gasteiger partial charge in [-0.15, -0.1) is 0 Å². The second kappa shape index (κ2) is 6.59. The molecule has 4 nitrogen and oxygen atoms in total. The van der Waals surface area contributed by atoms with Gasteiger partial charge in [0.25, 0.3) is 0 Å². The summed E-state index contributed by atoms with van der Waals surface area (Å²) in [6, 6.07) is 7.19. The molecule has 20 heavy (non-hydrogen) atoms. The molecule has 1 aliphatic heterocycles. The fourth-order valence-corrected chi connectivity index (χ4v) is 3.95. The lowest BCUT2D eigenvalue weighted by Crippen LogP contribution is -2.34. The predicted molar refractivity (Wildman–Crippen MR) is 80.8 cm³/mol. The van der Waals surface area contributed by atoms with Gasteiger partial charge in [-0.25, -0.2) is 8.42 Å². The smallest absolute Gasteiger partial charge is 0.178 e. The van der Waals surface area contributed by atoms with E-state index >= 15 is 0 Å². The molecule has 0 bridgehead atoms. The summed E-state index contributed by atoms with van der Waals surface area (Å²) in [7, 11) is -3.12. The summed E-state index contributed by atoms with van der Waals surface area (Å²) >= 11 is 0. The van der Waals surface area contributed by atoms with Gasteiger partial charge in [-0.1, -0.05) is 6.92 Å². The third kappa shape index (κ3) is 3.52. The van der Waals surface area contributed by atoms with Crippen LogP contribution in [0, 0.1) is 5.92 Å². The molecule has 0 saturated carbocycles. The van der Waals surface area contributed by atoms with E-state index in [0.29, 0.717) is 17.2 Å². The zero-order valence-electron chi connectivity index (χ0n) is 12.0. The number of aliphatic hydroxyl groups excluding tert-OH is 1. The van der Waals surface area contributed by atoms with Gasteiger partial charge in [-0.2, -0.15) is 0 Å². The van der Waals surface area contributed by atoms with Crippen LogP contribution in [0.5, 0.6) is 0 Å². The van der Waals surface area contributed by atoms with Crippen molar-refractivity contribution in [2.45, 2.75) is 31.1 Å². The molecule has 1 aromatic rings. The van der Waals surface area contributed by atoms with Gasteiger partial charge >= 0.3 is 0 Å². The van der Waals surface area contributed by atoms with Gasteiger partial charge in [-0.05, 0) is 49.4 Å². The molecule has 0 amide bonds. The van der Waals surface area contributed by atoms with Gasteiger partial charge in [0.05, 0.1) is 10.6 Å². The summed E-state index contributed by atoms with van der Waals surface area (Å²) in [6.07, 6.45) is 2.62. The van der Waals surface area contributed by atoms with Crippen LogP contribution in [0.3, 0.4) is 0 Å². The third-order valence-electron chi connectivity index (χ3n) is 3.91. The fraction of sp³-hybridized carbons (Fsp3) is 0.600. The number of rotatable bonds is 5. The minimum Gasteiger partial charge on any atom is -0.396 e. The first-order valence-electron chi connectivity index (χ1n) is 7.25. The summed E-state index contributed by atoms with van der Waals surface area (Å²) in [5.74, 6) is 0.615. The first-order chi connectivity index (χ1) is 9.56. The van der Waals surface area contributed by atoms with E-state index in [1.807, 2.05) is 19.1 Å². The number of anilines is 1. The maximum absolute atomic E-state index is 12.0. The van der Waals surface area contributed by atoms with Crippen molar-refractivity contribution in [3.8, 4) is 0 Å². The normalized spacial score (nSPS) is 17.4. The Morgan fingerprint density at radius 1 is 1.20 bits per heavy atom. The van der Waals surface area contributed by atoms with Crippen molar-refractivity contribution in [1.82, 2.24) is 0 Å². The summed E-state index contributed by atoms with van der Waals surface area (Å²) in [5.41, 5.74) is 1.07. The van der Waals surface area contributed by atoms with Crippen LogP contribution in [-0.4, -0.2) is 39.0 Å². The van der Waals surface area contributed by atoms with Gasteiger partial charge in [0.15, 0.2) is 9.84 Å². The molecule has 1 fully saturated rings. The van der Waals surface area contributed by atoms with Crippen LogP contribution < -0.4 is 4.90 Å². The lowest BCUT2D eigenvalue weighted by Gasteiger charge is -2.32. The first-order valence-corrected chi connectivity index (χ1v) is 8.90. The van der Waals surface area contributed by atoms with Crippen molar-refractivity contribution in [3.63, 3.8) is 0 Å². The number of benzene rings is 1. The van der Waals surface area contributed by atoms with Crippen molar-refractivity contribution in [2.24, 2.45) is 5.92 Å². The molecule has 0 aromatic heterocycles. The van der Waals surface area contributed by atoms with E-state index < -0.39 is 9.84 Å². The molecule has 0 atom stereocenters. The molecule has 5 heteroatoms. The van der Waals surface area contributed by atoms with Crippen LogP contribution in [0.25, 0.3) is 0 Å². The largest absolute Gasteiger partial charge is 0.396 e. The maximum atomic E-state index is 12.0.